The zero-order chi connectivity index (χ0) is 14.4. The molecule has 0 aliphatic heterocycles. The molecule has 3 nitrogen and oxygen atoms in total. The zero-order valence-corrected chi connectivity index (χ0v) is 12.0. The number of anilines is 1. The number of benzene rings is 2. The predicted octanol–water partition coefficient (Wildman–Crippen LogP) is 4.35. The fourth-order valence-corrected chi connectivity index (χ4v) is 1.86. The van der Waals surface area contributed by atoms with Crippen molar-refractivity contribution in [3.8, 4) is 11.5 Å². The quantitative estimate of drug-likeness (QED) is 0.831. The number of hydrogen-bond acceptors (Lipinski definition) is 2. The number of para-hydroxylation sites is 2. The summed E-state index contributed by atoms with van der Waals surface area (Å²) in [5, 5.41) is 2.79. The third kappa shape index (κ3) is 4.00. The number of nitrogens with one attached hydrogen (secondary N) is 1. The van der Waals surface area contributed by atoms with Gasteiger partial charge in [0.05, 0.1) is 5.69 Å². The summed E-state index contributed by atoms with van der Waals surface area (Å²) in [4.78, 5) is 11.6. The van der Waals surface area contributed by atoms with E-state index in [1.54, 1.807) is 6.07 Å². The molecule has 0 radical (unpaired) electrons. The van der Waals surface area contributed by atoms with Crippen LogP contribution in [-0.2, 0) is 4.79 Å². The number of aryl methyl sites for hydroxylation is 1. The van der Waals surface area contributed by atoms with Crippen molar-refractivity contribution in [2.24, 2.45) is 0 Å². The summed E-state index contributed by atoms with van der Waals surface area (Å²) in [7, 11) is 0. The number of carbonyl (C=O) groups excluding carboxylic acids is 1. The van der Waals surface area contributed by atoms with Crippen molar-refractivity contribution in [2.75, 3.05) is 11.2 Å². The molecule has 0 unspecified atom stereocenters. The Labute approximate surface area is 123 Å². The molecule has 2 aromatic rings. The van der Waals surface area contributed by atoms with E-state index < -0.39 is 0 Å². The van der Waals surface area contributed by atoms with Gasteiger partial charge in [0.15, 0.2) is 5.75 Å². The average Bonchev–Trinajstić information content (AvgIpc) is 2.44. The van der Waals surface area contributed by atoms with E-state index in [2.05, 4.69) is 5.32 Å². The number of ether oxygens (including phenoxy) is 1. The van der Waals surface area contributed by atoms with Gasteiger partial charge in [0.1, 0.15) is 5.75 Å². The molecule has 104 valence electrons. The number of alkyl halides is 1. The zero-order valence-electron chi connectivity index (χ0n) is 11.2. The van der Waals surface area contributed by atoms with Gasteiger partial charge in [-0.25, -0.2) is 0 Å². The van der Waals surface area contributed by atoms with Gasteiger partial charge in [-0.05, 0) is 31.2 Å². The maximum absolute atomic E-state index is 11.6. The van der Waals surface area contributed by atoms with Gasteiger partial charge in [-0.2, -0.15) is 0 Å². The van der Waals surface area contributed by atoms with Gasteiger partial charge in [-0.15, -0.1) is 11.6 Å². The van der Waals surface area contributed by atoms with Gasteiger partial charge < -0.3 is 10.1 Å². The molecule has 1 N–H and O–H groups in total. The second-order valence-electron chi connectivity index (χ2n) is 4.40. The van der Waals surface area contributed by atoms with E-state index in [9.17, 15) is 4.79 Å². The maximum atomic E-state index is 11.6. The van der Waals surface area contributed by atoms with Crippen molar-refractivity contribution in [3.05, 3.63) is 54.1 Å². The second-order valence-corrected chi connectivity index (χ2v) is 4.78. The molecule has 0 aromatic heterocycles. The van der Waals surface area contributed by atoms with E-state index >= 15 is 0 Å². The lowest BCUT2D eigenvalue weighted by atomic mass is 10.2. The smallest absolute Gasteiger partial charge is 0.225 e. The Bertz CT molecular complexity index is 581. The van der Waals surface area contributed by atoms with Crippen molar-refractivity contribution in [1.82, 2.24) is 0 Å². The Balaban J connectivity index is 2.15. The molecule has 0 aliphatic carbocycles. The van der Waals surface area contributed by atoms with Crippen LogP contribution < -0.4 is 10.1 Å². The summed E-state index contributed by atoms with van der Waals surface area (Å²) in [5.41, 5.74) is 1.81. The first kappa shape index (κ1) is 14.4. The van der Waals surface area contributed by atoms with Crippen LogP contribution in [-0.4, -0.2) is 11.8 Å². The van der Waals surface area contributed by atoms with Gasteiger partial charge in [0, 0.05) is 12.3 Å². The first-order valence-electron chi connectivity index (χ1n) is 6.38. The van der Waals surface area contributed by atoms with Crippen molar-refractivity contribution in [2.45, 2.75) is 13.3 Å². The summed E-state index contributed by atoms with van der Waals surface area (Å²) in [6.07, 6.45) is 0.278. The first-order chi connectivity index (χ1) is 9.69. The highest BCUT2D eigenvalue weighted by atomic mass is 35.5. The van der Waals surface area contributed by atoms with Crippen LogP contribution in [0.4, 0.5) is 5.69 Å². The molecule has 0 bridgehead atoms. The van der Waals surface area contributed by atoms with E-state index in [4.69, 9.17) is 16.3 Å². The van der Waals surface area contributed by atoms with E-state index in [0.29, 0.717) is 17.3 Å². The Hall–Kier alpha value is -2.00. The largest absolute Gasteiger partial charge is 0.455 e. The van der Waals surface area contributed by atoms with Crippen LogP contribution in [0.5, 0.6) is 11.5 Å². The fourth-order valence-electron chi connectivity index (χ4n) is 1.69. The third-order valence-corrected chi connectivity index (χ3v) is 2.92. The molecule has 2 rings (SSSR count). The second kappa shape index (κ2) is 6.96. The number of carbonyl (C=O) groups is 1. The highest BCUT2D eigenvalue weighted by Crippen LogP contribution is 2.29. The molecule has 0 fully saturated rings. The minimum absolute atomic E-state index is 0.125. The molecule has 20 heavy (non-hydrogen) atoms. The number of hydrogen-bond donors (Lipinski definition) is 1. The Morgan fingerprint density at radius 2 is 1.85 bits per heavy atom. The minimum atomic E-state index is -0.125. The molecular weight excluding hydrogens is 274 g/mol. The van der Waals surface area contributed by atoms with E-state index in [1.807, 2.05) is 49.4 Å². The molecule has 0 saturated heterocycles. The molecule has 0 saturated carbocycles. The minimum Gasteiger partial charge on any atom is -0.455 e. The summed E-state index contributed by atoms with van der Waals surface area (Å²) < 4.78 is 5.80. The van der Waals surface area contributed by atoms with Crippen LogP contribution in [0.3, 0.4) is 0 Å². The standard InChI is InChI=1S/C16H16ClNO2/c1-12-6-8-13(9-7-12)20-15-5-3-2-4-14(15)18-16(19)10-11-17/h2-9H,10-11H2,1H3,(H,18,19). The van der Waals surface area contributed by atoms with Crippen molar-refractivity contribution < 1.29 is 9.53 Å². The molecule has 1 amide bonds. The van der Waals surface area contributed by atoms with Crippen LogP contribution >= 0.6 is 11.6 Å². The molecule has 0 spiro atoms. The van der Waals surface area contributed by atoms with Crippen LogP contribution in [0, 0.1) is 6.92 Å². The Kier molecular flexibility index (Phi) is 5.02. The summed E-state index contributed by atoms with van der Waals surface area (Å²) in [6, 6.07) is 15.1. The summed E-state index contributed by atoms with van der Waals surface area (Å²) >= 11 is 5.55. The monoisotopic (exact) mass is 289 g/mol. The van der Waals surface area contributed by atoms with Crippen molar-refractivity contribution >= 4 is 23.2 Å². The molecule has 0 heterocycles. The summed E-state index contributed by atoms with van der Waals surface area (Å²) in [5.74, 6) is 1.51. The lowest BCUT2D eigenvalue weighted by molar-refractivity contribution is -0.115. The van der Waals surface area contributed by atoms with Crippen LogP contribution in [0.15, 0.2) is 48.5 Å². The highest BCUT2D eigenvalue weighted by molar-refractivity contribution is 6.19. The van der Waals surface area contributed by atoms with Crippen molar-refractivity contribution in [3.63, 3.8) is 0 Å². The van der Waals surface area contributed by atoms with Gasteiger partial charge >= 0.3 is 0 Å². The van der Waals surface area contributed by atoms with Crippen LogP contribution in [0.1, 0.15) is 12.0 Å². The lowest BCUT2D eigenvalue weighted by Gasteiger charge is -2.12. The fraction of sp³-hybridized carbons (Fsp3) is 0.188. The molecular formula is C16H16ClNO2. The van der Waals surface area contributed by atoms with Gasteiger partial charge in [-0.3, -0.25) is 4.79 Å². The molecule has 0 atom stereocenters. The van der Waals surface area contributed by atoms with Gasteiger partial charge in [0.25, 0.3) is 0 Å². The van der Waals surface area contributed by atoms with E-state index in [0.717, 1.165) is 5.75 Å². The van der Waals surface area contributed by atoms with E-state index in [-0.39, 0.29) is 12.3 Å². The first-order valence-corrected chi connectivity index (χ1v) is 6.92. The van der Waals surface area contributed by atoms with Crippen molar-refractivity contribution in [1.29, 1.82) is 0 Å². The maximum Gasteiger partial charge on any atom is 0.225 e. The number of rotatable bonds is 5. The molecule has 2 aromatic carbocycles. The number of amides is 1. The predicted molar refractivity (Wildman–Crippen MR) is 81.7 cm³/mol. The SMILES string of the molecule is Cc1ccc(Oc2ccccc2NC(=O)CCCl)cc1. The topological polar surface area (TPSA) is 38.3 Å². The van der Waals surface area contributed by atoms with Gasteiger partial charge in [0.2, 0.25) is 5.91 Å². The molecule has 0 aliphatic rings. The van der Waals surface area contributed by atoms with Gasteiger partial charge in [-0.1, -0.05) is 29.8 Å². The van der Waals surface area contributed by atoms with Crippen LogP contribution in [0.25, 0.3) is 0 Å². The number of halogens is 1. The Morgan fingerprint density at radius 1 is 1.15 bits per heavy atom. The summed E-state index contributed by atoms with van der Waals surface area (Å²) in [6.45, 7) is 2.02. The average molecular weight is 290 g/mol. The highest BCUT2D eigenvalue weighted by Gasteiger charge is 2.07. The normalized spacial score (nSPS) is 10.1. The molecule has 4 heteroatoms. The third-order valence-electron chi connectivity index (χ3n) is 2.73. The van der Waals surface area contributed by atoms with E-state index in [1.165, 1.54) is 5.56 Å². The van der Waals surface area contributed by atoms with Crippen LogP contribution in [0.2, 0.25) is 0 Å². The Morgan fingerprint density at radius 3 is 2.55 bits per heavy atom. The lowest BCUT2D eigenvalue weighted by Crippen LogP contribution is -2.12.